The SMILES string of the molecule is N#Cc1c(OC(F)(F)F)ccnc1CBr. The molecule has 15 heavy (non-hydrogen) atoms. The number of pyridine rings is 1. The topological polar surface area (TPSA) is 45.9 Å². The van der Waals surface area contributed by atoms with Gasteiger partial charge in [0.15, 0.2) is 5.75 Å². The molecule has 1 aromatic rings. The standard InChI is InChI=1S/C8H4BrF3N2O/c9-3-6-5(4-13)7(1-2-14-6)15-8(10,11)12/h1-2H,3H2. The first-order chi connectivity index (χ1) is 6.98. The molecule has 1 aromatic heterocycles. The molecule has 0 aliphatic carbocycles. The third-order valence-electron chi connectivity index (χ3n) is 1.46. The van der Waals surface area contributed by atoms with E-state index >= 15 is 0 Å². The minimum absolute atomic E-state index is 0.185. The van der Waals surface area contributed by atoms with Gasteiger partial charge in [0, 0.05) is 17.6 Å². The maximum atomic E-state index is 11.9. The Kier molecular flexibility index (Phi) is 3.52. The summed E-state index contributed by atoms with van der Waals surface area (Å²) in [6.07, 6.45) is -3.66. The highest BCUT2D eigenvalue weighted by Gasteiger charge is 2.32. The Balaban J connectivity index is 3.14. The number of nitriles is 1. The predicted octanol–water partition coefficient (Wildman–Crippen LogP) is 2.75. The number of halogens is 4. The monoisotopic (exact) mass is 280 g/mol. The van der Waals surface area contributed by atoms with Gasteiger partial charge in [-0.1, -0.05) is 15.9 Å². The Morgan fingerprint density at radius 3 is 2.67 bits per heavy atom. The molecular formula is C8H4BrF3N2O. The second kappa shape index (κ2) is 4.49. The largest absolute Gasteiger partial charge is 0.573 e. The Bertz CT molecular complexity index is 400. The number of ether oxygens (including phenoxy) is 1. The van der Waals surface area contributed by atoms with E-state index in [1.54, 1.807) is 6.07 Å². The summed E-state index contributed by atoms with van der Waals surface area (Å²) in [5, 5.41) is 8.85. The van der Waals surface area contributed by atoms with Crippen LogP contribution >= 0.6 is 15.9 Å². The van der Waals surface area contributed by atoms with E-state index in [-0.39, 0.29) is 16.6 Å². The van der Waals surface area contributed by atoms with Crippen molar-refractivity contribution in [2.45, 2.75) is 11.7 Å². The number of nitrogens with zero attached hydrogens (tertiary/aromatic N) is 2. The van der Waals surface area contributed by atoms with Gasteiger partial charge in [0.25, 0.3) is 0 Å². The van der Waals surface area contributed by atoms with Crippen LogP contribution in [0.3, 0.4) is 0 Å². The molecular weight excluding hydrogens is 277 g/mol. The van der Waals surface area contributed by atoms with Crippen molar-refractivity contribution in [1.29, 1.82) is 5.26 Å². The molecule has 0 unspecified atom stereocenters. The molecule has 3 nitrogen and oxygen atoms in total. The summed E-state index contributed by atoms with van der Waals surface area (Å²) in [7, 11) is 0. The molecule has 0 saturated heterocycles. The number of rotatable bonds is 2. The smallest absolute Gasteiger partial charge is 0.404 e. The molecule has 80 valence electrons. The molecule has 1 heterocycles. The molecule has 0 aromatic carbocycles. The number of alkyl halides is 4. The van der Waals surface area contributed by atoms with Gasteiger partial charge in [-0.05, 0) is 0 Å². The van der Waals surface area contributed by atoms with Gasteiger partial charge in [-0.25, -0.2) is 0 Å². The van der Waals surface area contributed by atoms with Crippen molar-refractivity contribution in [1.82, 2.24) is 4.98 Å². The van der Waals surface area contributed by atoms with Crippen LogP contribution in [-0.2, 0) is 5.33 Å². The van der Waals surface area contributed by atoms with Crippen molar-refractivity contribution in [2.75, 3.05) is 0 Å². The van der Waals surface area contributed by atoms with Gasteiger partial charge < -0.3 is 4.74 Å². The zero-order valence-corrected chi connectivity index (χ0v) is 8.76. The Hall–Kier alpha value is -1.29. The fourth-order valence-corrected chi connectivity index (χ4v) is 1.34. The summed E-state index contributed by atoms with van der Waals surface area (Å²) >= 11 is 3.01. The van der Waals surface area contributed by atoms with Crippen LogP contribution in [0.5, 0.6) is 5.75 Å². The van der Waals surface area contributed by atoms with Crippen molar-refractivity contribution in [3.8, 4) is 11.8 Å². The molecule has 0 atom stereocenters. The molecule has 1 rings (SSSR count). The molecule has 0 aliphatic heterocycles. The molecule has 7 heteroatoms. The zero-order chi connectivity index (χ0) is 11.5. The number of aromatic nitrogens is 1. The average molecular weight is 281 g/mol. The van der Waals surface area contributed by atoms with Crippen molar-refractivity contribution < 1.29 is 17.9 Å². The molecule has 0 amide bonds. The fraction of sp³-hybridized carbons (Fsp3) is 0.250. The van der Waals surface area contributed by atoms with Crippen LogP contribution in [0, 0.1) is 11.3 Å². The van der Waals surface area contributed by atoms with E-state index in [9.17, 15) is 13.2 Å². The third-order valence-corrected chi connectivity index (χ3v) is 1.99. The maximum absolute atomic E-state index is 11.9. The average Bonchev–Trinajstić information content (AvgIpc) is 2.15. The van der Waals surface area contributed by atoms with Gasteiger partial charge in [0.2, 0.25) is 0 Å². The number of hydrogen-bond donors (Lipinski definition) is 0. The molecule has 0 saturated carbocycles. The molecule has 0 spiro atoms. The van der Waals surface area contributed by atoms with Crippen molar-refractivity contribution in [2.24, 2.45) is 0 Å². The van der Waals surface area contributed by atoms with E-state index in [4.69, 9.17) is 5.26 Å². The fourth-order valence-electron chi connectivity index (χ4n) is 0.916. The summed E-state index contributed by atoms with van der Waals surface area (Å²) in [4.78, 5) is 3.74. The van der Waals surface area contributed by atoms with E-state index in [0.717, 1.165) is 12.3 Å². The van der Waals surface area contributed by atoms with Gasteiger partial charge in [-0.2, -0.15) is 5.26 Å². The first-order valence-electron chi connectivity index (χ1n) is 3.67. The predicted molar refractivity (Wildman–Crippen MR) is 48.3 cm³/mol. The summed E-state index contributed by atoms with van der Waals surface area (Å²) in [5.41, 5.74) is -0.00838. The lowest BCUT2D eigenvalue weighted by molar-refractivity contribution is -0.274. The second-order valence-corrected chi connectivity index (χ2v) is 2.98. The molecule has 0 aliphatic rings. The normalized spacial score (nSPS) is 10.9. The maximum Gasteiger partial charge on any atom is 0.573 e. The van der Waals surface area contributed by atoms with E-state index in [0.29, 0.717) is 0 Å². The van der Waals surface area contributed by atoms with Crippen LogP contribution < -0.4 is 4.74 Å². The van der Waals surface area contributed by atoms with E-state index < -0.39 is 12.1 Å². The van der Waals surface area contributed by atoms with Crippen molar-refractivity contribution in [3.63, 3.8) is 0 Å². The first-order valence-corrected chi connectivity index (χ1v) is 4.79. The van der Waals surface area contributed by atoms with Gasteiger partial charge >= 0.3 is 6.36 Å². The lowest BCUT2D eigenvalue weighted by Crippen LogP contribution is -2.18. The van der Waals surface area contributed by atoms with Crippen LogP contribution in [0.4, 0.5) is 13.2 Å². The number of hydrogen-bond acceptors (Lipinski definition) is 3. The second-order valence-electron chi connectivity index (χ2n) is 2.42. The molecule has 0 fully saturated rings. The van der Waals surface area contributed by atoms with Crippen LogP contribution in [-0.4, -0.2) is 11.3 Å². The van der Waals surface area contributed by atoms with Crippen LogP contribution in [0.15, 0.2) is 12.3 Å². The minimum Gasteiger partial charge on any atom is -0.404 e. The van der Waals surface area contributed by atoms with E-state index in [1.165, 1.54) is 0 Å². The lowest BCUT2D eigenvalue weighted by Gasteiger charge is -2.10. The highest BCUT2D eigenvalue weighted by molar-refractivity contribution is 9.08. The van der Waals surface area contributed by atoms with Gasteiger partial charge in [0.05, 0.1) is 5.69 Å². The van der Waals surface area contributed by atoms with Crippen LogP contribution in [0.25, 0.3) is 0 Å². The minimum atomic E-state index is -4.81. The van der Waals surface area contributed by atoms with Gasteiger partial charge in [-0.15, -0.1) is 13.2 Å². The van der Waals surface area contributed by atoms with Crippen LogP contribution in [0.1, 0.15) is 11.3 Å². The van der Waals surface area contributed by atoms with Crippen molar-refractivity contribution >= 4 is 15.9 Å². The van der Waals surface area contributed by atoms with Gasteiger partial charge in [0.1, 0.15) is 11.6 Å². The van der Waals surface area contributed by atoms with E-state index in [2.05, 4.69) is 25.7 Å². The Morgan fingerprint density at radius 2 is 2.20 bits per heavy atom. The summed E-state index contributed by atoms with van der Waals surface area (Å²) in [5.74, 6) is -0.533. The summed E-state index contributed by atoms with van der Waals surface area (Å²) in [6, 6.07) is 2.62. The summed E-state index contributed by atoms with van der Waals surface area (Å²) < 4.78 is 39.5. The highest BCUT2D eigenvalue weighted by atomic mass is 79.9. The molecule has 0 N–H and O–H groups in total. The van der Waals surface area contributed by atoms with Crippen molar-refractivity contribution in [3.05, 3.63) is 23.5 Å². The Labute approximate surface area is 91.6 Å². The first kappa shape index (κ1) is 11.8. The molecule has 0 radical (unpaired) electrons. The van der Waals surface area contributed by atoms with Gasteiger partial charge in [-0.3, -0.25) is 4.98 Å². The lowest BCUT2D eigenvalue weighted by atomic mass is 10.2. The van der Waals surface area contributed by atoms with E-state index in [1.807, 2.05) is 0 Å². The quantitative estimate of drug-likeness (QED) is 0.783. The summed E-state index contributed by atoms with van der Waals surface area (Å²) in [6.45, 7) is 0. The third kappa shape index (κ3) is 3.09. The molecule has 0 bridgehead atoms. The highest BCUT2D eigenvalue weighted by Crippen LogP contribution is 2.27. The Morgan fingerprint density at radius 1 is 1.53 bits per heavy atom. The van der Waals surface area contributed by atoms with Crippen LogP contribution in [0.2, 0.25) is 0 Å². The zero-order valence-electron chi connectivity index (χ0n) is 7.18.